The van der Waals surface area contributed by atoms with Crippen LogP contribution >= 0.6 is 0 Å². The summed E-state index contributed by atoms with van der Waals surface area (Å²) in [7, 11) is 0. The highest BCUT2D eigenvalue weighted by atomic mass is 19.1. The van der Waals surface area contributed by atoms with E-state index in [-0.39, 0.29) is 5.54 Å². The Balaban J connectivity index is 1.15. The van der Waals surface area contributed by atoms with Crippen molar-refractivity contribution in [2.45, 2.75) is 75.1 Å². The summed E-state index contributed by atoms with van der Waals surface area (Å²) in [5.41, 5.74) is 2.34. The molecule has 186 valence electrons. The summed E-state index contributed by atoms with van der Waals surface area (Å²) in [6, 6.07) is 3.72. The van der Waals surface area contributed by atoms with Crippen molar-refractivity contribution in [1.82, 2.24) is 35.4 Å². The van der Waals surface area contributed by atoms with Gasteiger partial charge in [-0.1, -0.05) is 0 Å². The number of rotatable bonds is 6. The molecule has 1 aliphatic heterocycles. The van der Waals surface area contributed by atoms with Crippen molar-refractivity contribution in [2.75, 3.05) is 18.4 Å². The maximum absolute atomic E-state index is 15.2. The quantitative estimate of drug-likeness (QED) is 0.424. The van der Waals surface area contributed by atoms with E-state index in [0.717, 1.165) is 50.0 Å². The lowest BCUT2D eigenvalue weighted by atomic mass is 9.95. The maximum Gasteiger partial charge on any atom is 0.407 e. The Morgan fingerprint density at radius 2 is 2.09 bits per heavy atom. The predicted octanol–water partition coefficient (Wildman–Crippen LogP) is 3.53. The molecule has 4 heterocycles. The number of amides is 1. The highest BCUT2D eigenvalue weighted by Gasteiger charge is 2.43. The summed E-state index contributed by atoms with van der Waals surface area (Å²) < 4.78 is 22.4. The minimum atomic E-state index is -1.29. The monoisotopic (exact) mass is 482 g/mol. The SMILES string of the molecule is CC1(NC(=O)O[C@H]2CC[C@@H](c3cc(Nc4nc(C5CCNCC5)cn5nccc45)n[nH]3)[C@H]2F)CC1. The summed E-state index contributed by atoms with van der Waals surface area (Å²) in [5, 5.41) is 21.3. The van der Waals surface area contributed by atoms with Crippen LogP contribution in [0.4, 0.5) is 20.8 Å². The summed E-state index contributed by atoms with van der Waals surface area (Å²) in [6.45, 7) is 3.92. The minimum Gasteiger partial charge on any atom is -0.443 e. The van der Waals surface area contributed by atoms with Gasteiger partial charge in [0.1, 0.15) is 17.8 Å². The second-order valence-corrected chi connectivity index (χ2v) is 10.3. The van der Waals surface area contributed by atoms with Gasteiger partial charge in [0, 0.05) is 29.1 Å². The summed E-state index contributed by atoms with van der Waals surface area (Å²) in [4.78, 5) is 17.0. The third kappa shape index (κ3) is 4.56. The molecule has 11 heteroatoms. The largest absolute Gasteiger partial charge is 0.443 e. The predicted molar refractivity (Wildman–Crippen MR) is 128 cm³/mol. The van der Waals surface area contributed by atoms with Crippen LogP contribution < -0.4 is 16.0 Å². The van der Waals surface area contributed by atoms with E-state index in [1.165, 1.54) is 0 Å². The van der Waals surface area contributed by atoms with Crippen molar-refractivity contribution < 1.29 is 13.9 Å². The number of alkyl halides is 1. The maximum atomic E-state index is 15.2. The van der Waals surface area contributed by atoms with Gasteiger partial charge >= 0.3 is 6.09 Å². The first-order valence-electron chi connectivity index (χ1n) is 12.5. The molecule has 6 rings (SSSR count). The first-order valence-corrected chi connectivity index (χ1v) is 12.5. The van der Waals surface area contributed by atoms with E-state index in [0.29, 0.717) is 36.1 Å². The number of anilines is 2. The Bertz CT molecular complexity index is 1220. The molecule has 2 aliphatic carbocycles. The van der Waals surface area contributed by atoms with Gasteiger partial charge in [-0.25, -0.2) is 18.7 Å². The lowest BCUT2D eigenvalue weighted by Gasteiger charge is -2.22. The fraction of sp³-hybridized carbons (Fsp3) is 0.583. The number of ether oxygens (including phenoxy) is 1. The summed E-state index contributed by atoms with van der Waals surface area (Å²) in [5.74, 6) is 1.21. The normalized spacial score (nSPS) is 26.1. The molecule has 3 aromatic heterocycles. The van der Waals surface area contributed by atoms with Gasteiger partial charge in [-0.05, 0) is 64.6 Å². The van der Waals surface area contributed by atoms with Gasteiger partial charge in [0.25, 0.3) is 0 Å². The van der Waals surface area contributed by atoms with E-state index in [1.807, 2.05) is 29.8 Å². The number of aromatic amines is 1. The summed E-state index contributed by atoms with van der Waals surface area (Å²) >= 11 is 0. The first-order chi connectivity index (χ1) is 17.0. The number of halogens is 1. The third-order valence-electron chi connectivity index (χ3n) is 7.57. The zero-order valence-corrected chi connectivity index (χ0v) is 19.8. The number of piperidine rings is 1. The molecule has 10 nitrogen and oxygen atoms in total. The first kappa shape index (κ1) is 22.3. The number of alkyl carbamates (subject to hydrolysis) is 1. The Kier molecular flexibility index (Phi) is 5.58. The average molecular weight is 483 g/mol. The second kappa shape index (κ2) is 8.78. The molecule has 3 atom stereocenters. The van der Waals surface area contributed by atoms with Crippen LogP contribution in [0.25, 0.3) is 5.52 Å². The molecular weight excluding hydrogens is 451 g/mol. The fourth-order valence-corrected chi connectivity index (χ4v) is 5.16. The fourth-order valence-electron chi connectivity index (χ4n) is 5.16. The van der Waals surface area contributed by atoms with E-state index in [2.05, 4.69) is 31.2 Å². The summed E-state index contributed by atoms with van der Waals surface area (Å²) in [6.07, 6.45) is 6.16. The third-order valence-corrected chi connectivity index (χ3v) is 7.57. The number of aromatic nitrogens is 5. The van der Waals surface area contributed by atoms with Gasteiger partial charge in [0.05, 0.1) is 18.1 Å². The topological polar surface area (TPSA) is 121 Å². The van der Waals surface area contributed by atoms with Crippen molar-refractivity contribution in [3.05, 3.63) is 35.9 Å². The molecule has 35 heavy (non-hydrogen) atoms. The zero-order chi connectivity index (χ0) is 24.0. The molecule has 1 saturated heterocycles. The molecule has 0 spiro atoms. The van der Waals surface area contributed by atoms with E-state index in [4.69, 9.17) is 9.72 Å². The molecule has 0 bridgehead atoms. The Morgan fingerprint density at radius 1 is 1.26 bits per heavy atom. The van der Waals surface area contributed by atoms with Crippen molar-refractivity contribution in [3.8, 4) is 0 Å². The smallest absolute Gasteiger partial charge is 0.407 e. The molecule has 4 N–H and O–H groups in total. The lowest BCUT2D eigenvalue weighted by molar-refractivity contribution is 0.0546. The Labute approximate surface area is 202 Å². The molecular formula is C24H31FN8O2. The van der Waals surface area contributed by atoms with Crippen LogP contribution in [-0.2, 0) is 4.74 Å². The van der Waals surface area contributed by atoms with Crippen LogP contribution in [0.3, 0.4) is 0 Å². The van der Waals surface area contributed by atoms with Crippen molar-refractivity contribution in [3.63, 3.8) is 0 Å². The van der Waals surface area contributed by atoms with Crippen LogP contribution in [0.15, 0.2) is 24.5 Å². The van der Waals surface area contributed by atoms with Crippen LogP contribution in [0.2, 0.25) is 0 Å². The second-order valence-electron chi connectivity index (χ2n) is 10.3. The van der Waals surface area contributed by atoms with E-state index in [1.54, 1.807) is 6.20 Å². The molecule has 0 radical (unpaired) electrons. The molecule has 1 amide bonds. The van der Waals surface area contributed by atoms with Gasteiger partial charge in [-0.15, -0.1) is 0 Å². The molecule has 0 unspecified atom stereocenters. The number of hydrogen-bond donors (Lipinski definition) is 4. The van der Waals surface area contributed by atoms with Crippen molar-refractivity contribution in [1.29, 1.82) is 0 Å². The number of H-pyrrole nitrogens is 1. The van der Waals surface area contributed by atoms with Crippen molar-refractivity contribution >= 4 is 23.2 Å². The molecule has 0 aromatic carbocycles. The van der Waals surface area contributed by atoms with Gasteiger partial charge in [0.2, 0.25) is 0 Å². The molecule has 3 aromatic rings. The zero-order valence-electron chi connectivity index (χ0n) is 19.8. The van der Waals surface area contributed by atoms with E-state index >= 15 is 4.39 Å². The van der Waals surface area contributed by atoms with Crippen LogP contribution in [-0.4, -0.2) is 61.8 Å². The number of nitrogens with one attached hydrogen (secondary N) is 4. The average Bonchev–Trinajstić information content (AvgIpc) is 3.22. The Morgan fingerprint density at radius 3 is 2.89 bits per heavy atom. The van der Waals surface area contributed by atoms with E-state index in [9.17, 15) is 4.79 Å². The highest BCUT2D eigenvalue weighted by molar-refractivity contribution is 5.72. The standard InChI is InChI=1S/C24H31FN8O2/c1-24(7-8-24)30-23(34)35-19-3-2-15(21(19)25)16-12-20(32-31-16)29-22-18-6-11-27-33(18)13-17(28-22)14-4-9-26-10-5-14/h6,11-15,19,21,26H,2-5,7-10H2,1H3,(H,30,34)(H2,28,29,31,32)/t15-,19-,21+/m0/s1. The molecule has 3 fully saturated rings. The molecule has 2 saturated carbocycles. The van der Waals surface area contributed by atoms with Crippen LogP contribution in [0.5, 0.6) is 0 Å². The minimum absolute atomic E-state index is 0.189. The number of fused-ring (bicyclic) bond motifs is 1. The number of nitrogens with zero attached hydrogens (tertiary/aromatic N) is 4. The van der Waals surface area contributed by atoms with Crippen LogP contribution in [0.1, 0.15) is 68.7 Å². The Hall–Kier alpha value is -3.21. The van der Waals surface area contributed by atoms with Gasteiger partial charge in [-0.3, -0.25) is 5.10 Å². The van der Waals surface area contributed by atoms with Crippen LogP contribution in [0, 0.1) is 0 Å². The number of carbonyl (C=O) groups excluding carboxylic acids is 1. The van der Waals surface area contributed by atoms with Gasteiger partial charge < -0.3 is 20.7 Å². The van der Waals surface area contributed by atoms with Gasteiger partial charge in [-0.2, -0.15) is 10.2 Å². The van der Waals surface area contributed by atoms with Gasteiger partial charge in [0.15, 0.2) is 11.6 Å². The highest BCUT2D eigenvalue weighted by Crippen LogP contribution is 2.39. The van der Waals surface area contributed by atoms with E-state index < -0.39 is 24.3 Å². The van der Waals surface area contributed by atoms with Crippen molar-refractivity contribution in [2.24, 2.45) is 0 Å². The number of hydrogen-bond acceptors (Lipinski definition) is 7. The number of carbonyl (C=O) groups is 1. The molecule has 3 aliphatic rings. The lowest BCUT2D eigenvalue weighted by Crippen LogP contribution is -2.38.